The van der Waals surface area contributed by atoms with E-state index in [0.29, 0.717) is 12.0 Å². The summed E-state index contributed by atoms with van der Waals surface area (Å²) in [5.41, 5.74) is 6.91. The Bertz CT molecular complexity index is 561. The topological polar surface area (TPSA) is 12.0 Å². The van der Waals surface area contributed by atoms with Crippen molar-refractivity contribution in [1.29, 1.82) is 0 Å². The van der Waals surface area contributed by atoms with Crippen molar-refractivity contribution < 1.29 is 0 Å². The van der Waals surface area contributed by atoms with Gasteiger partial charge in [0.1, 0.15) is 0 Å². The van der Waals surface area contributed by atoms with Crippen molar-refractivity contribution in [2.24, 2.45) is 0 Å². The van der Waals surface area contributed by atoms with E-state index in [9.17, 15) is 0 Å². The molecule has 0 bridgehead atoms. The number of hydrogen-bond donors (Lipinski definition) is 1. The van der Waals surface area contributed by atoms with Crippen molar-refractivity contribution in [1.82, 2.24) is 5.32 Å². The van der Waals surface area contributed by atoms with Crippen molar-refractivity contribution >= 4 is 0 Å². The fraction of sp³-hybridized carbons (Fsp3) is 0.400. The summed E-state index contributed by atoms with van der Waals surface area (Å²) in [5, 5.41) is 3.65. The van der Waals surface area contributed by atoms with Crippen LogP contribution >= 0.6 is 0 Å². The molecule has 0 saturated heterocycles. The molecular weight excluding hydrogens is 254 g/mol. The quantitative estimate of drug-likeness (QED) is 0.786. The van der Waals surface area contributed by atoms with Crippen LogP contribution in [-0.4, -0.2) is 0 Å². The molecule has 0 saturated carbocycles. The average Bonchev–Trinajstić information content (AvgIpc) is 2.46. The number of rotatable bonds is 5. The van der Waals surface area contributed by atoms with Crippen LogP contribution in [0, 0.1) is 13.8 Å². The molecule has 0 spiro atoms. The zero-order valence-electron chi connectivity index (χ0n) is 13.9. The summed E-state index contributed by atoms with van der Waals surface area (Å²) in [6.45, 7) is 12.0. The highest BCUT2D eigenvalue weighted by atomic mass is 14.9. The molecule has 0 aliphatic carbocycles. The van der Waals surface area contributed by atoms with E-state index in [1.54, 1.807) is 0 Å². The van der Waals surface area contributed by atoms with Gasteiger partial charge in [-0.15, -0.1) is 0 Å². The summed E-state index contributed by atoms with van der Waals surface area (Å²) in [6, 6.07) is 15.9. The lowest BCUT2D eigenvalue weighted by atomic mass is 9.99. The van der Waals surface area contributed by atoms with Gasteiger partial charge in [0, 0.05) is 12.6 Å². The summed E-state index contributed by atoms with van der Waals surface area (Å²) >= 11 is 0. The van der Waals surface area contributed by atoms with E-state index in [1.807, 2.05) is 0 Å². The molecule has 2 rings (SSSR count). The summed E-state index contributed by atoms with van der Waals surface area (Å²) in [5.74, 6) is 0.594. The smallest absolute Gasteiger partial charge is 0.0294 e. The molecule has 1 N–H and O–H groups in total. The van der Waals surface area contributed by atoms with Gasteiger partial charge in [-0.05, 0) is 54.5 Å². The zero-order chi connectivity index (χ0) is 15.4. The van der Waals surface area contributed by atoms with Gasteiger partial charge in [-0.2, -0.15) is 0 Å². The fourth-order valence-electron chi connectivity index (χ4n) is 2.67. The molecule has 0 aromatic heterocycles. The normalized spacial score (nSPS) is 12.7. The van der Waals surface area contributed by atoms with Crippen LogP contribution in [0.15, 0.2) is 42.5 Å². The first-order valence-corrected chi connectivity index (χ1v) is 7.87. The SMILES string of the molecule is Cc1cccc(C)c1CNC(C)c1ccc(C(C)C)cc1. The summed E-state index contributed by atoms with van der Waals surface area (Å²) in [6.07, 6.45) is 0. The summed E-state index contributed by atoms with van der Waals surface area (Å²) in [4.78, 5) is 0. The van der Waals surface area contributed by atoms with Gasteiger partial charge in [-0.25, -0.2) is 0 Å². The molecule has 1 heteroatoms. The molecule has 2 aromatic rings. The second-order valence-electron chi connectivity index (χ2n) is 6.29. The average molecular weight is 281 g/mol. The van der Waals surface area contributed by atoms with E-state index in [0.717, 1.165) is 6.54 Å². The van der Waals surface area contributed by atoms with E-state index < -0.39 is 0 Å². The molecule has 0 fully saturated rings. The van der Waals surface area contributed by atoms with E-state index in [2.05, 4.69) is 82.4 Å². The van der Waals surface area contributed by atoms with Gasteiger partial charge in [-0.3, -0.25) is 0 Å². The van der Waals surface area contributed by atoms with Crippen LogP contribution in [-0.2, 0) is 6.54 Å². The molecule has 0 heterocycles. The first kappa shape index (κ1) is 15.8. The Labute approximate surface area is 129 Å². The summed E-state index contributed by atoms with van der Waals surface area (Å²) in [7, 11) is 0. The van der Waals surface area contributed by atoms with Gasteiger partial charge >= 0.3 is 0 Å². The molecule has 21 heavy (non-hydrogen) atoms. The molecule has 0 amide bonds. The molecule has 2 aromatic carbocycles. The Morgan fingerprint density at radius 3 is 1.86 bits per heavy atom. The maximum atomic E-state index is 3.65. The van der Waals surface area contributed by atoms with E-state index in [-0.39, 0.29) is 0 Å². The number of nitrogens with one attached hydrogen (secondary N) is 1. The van der Waals surface area contributed by atoms with Crippen LogP contribution in [0.3, 0.4) is 0 Å². The Balaban J connectivity index is 2.03. The Kier molecular flexibility index (Phi) is 5.19. The molecule has 0 aliphatic heterocycles. The first-order valence-electron chi connectivity index (χ1n) is 7.87. The van der Waals surface area contributed by atoms with Crippen molar-refractivity contribution in [2.45, 2.75) is 53.1 Å². The van der Waals surface area contributed by atoms with Crippen LogP contribution in [0.1, 0.15) is 60.5 Å². The fourth-order valence-corrected chi connectivity index (χ4v) is 2.67. The second-order valence-corrected chi connectivity index (χ2v) is 6.29. The van der Waals surface area contributed by atoms with Crippen LogP contribution < -0.4 is 5.32 Å². The van der Waals surface area contributed by atoms with Crippen molar-refractivity contribution in [3.05, 3.63) is 70.3 Å². The van der Waals surface area contributed by atoms with Crippen LogP contribution in [0.5, 0.6) is 0 Å². The highest BCUT2D eigenvalue weighted by molar-refractivity contribution is 5.33. The third-order valence-corrected chi connectivity index (χ3v) is 4.33. The number of aryl methyl sites for hydroxylation is 2. The van der Waals surface area contributed by atoms with E-state index in [1.165, 1.54) is 27.8 Å². The van der Waals surface area contributed by atoms with Gasteiger partial charge in [0.25, 0.3) is 0 Å². The molecule has 1 atom stereocenters. The standard InChI is InChI=1S/C20H27N/c1-14(2)18-9-11-19(12-10-18)17(5)21-13-20-15(3)7-6-8-16(20)4/h6-12,14,17,21H,13H2,1-5H3. The lowest BCUT2D eigenvalue weighted by Gasteiger charge is -2.17. The first-order chi connectivity index (χ1) is 9.99. The molecule has 1 unspecified atom stereocenters. The van der Waals surface area contributed by atoms with Gasteiger partial charge in [-0.1, -0.05) is 56.3 Å². The highest BCUT2D eigenvalue weighted by Gasteiger charge is 2.08. The monoisotopic (exact) mass is 281 g/mol. The number of benzene rings is 2. The molecule has 1 nitrogen and oxygen atoms in total. The highest BCUT2D eigenvalue weighted by Crippen LogP contribution is 2.20. The minimum atomic E-state index is 0.366. The van der Waals surface area contributed by atoms with Gasteiger partial charge < -0.3 is 5.32 Å². The van der Waals surface area contributed by atoms with Crippen molar-refractivity contribution in [3.8, 4) is 0 Å². The third-order valence-electron chi connectivity index (χ3n) is 4.33. The third kappa shape index (κ3) is 3.95. The molecule has 112 valence electrons. The molecular formula is C20H27N. The van der Waals surface area contributed by atoms with Crippen LogP contribution in [0.4, 0.5) is 0 Å². The Hall–Kier alpha value is -1.60. The minimum Gasteiger partial charge on any atom is -0.306 e. The van der Waals surface area contributed by atoms with E-state index >= 15 is 0 Å². The minimum absolute atomic E-state index is 0.366. The van der Waals surface area contributed by atoms with E-state index in [4.69, 9.17) is 0 Å². The maximum absolute atomic E-state index is 3.65. The number of hydrogen-bond acceptors (Lipinski definition) is 1. The zero-order valence-corrected chi connectivity index (χ0v) is 13.9. The predicted octanol–water partition coefficient (Wildman–Crippen LogP) is 5.28. The van der Waals surface area contributed by atoms with Crippen molar-refractivity contribution in [2.75, 3.05) is 0 Å². The van der Waals surface area contributed by atoms with Gasteiger partial charge in [0.2, 0.25) is 0 Å². The van der Waals surface area contributed by atoms with Gasteiger partial charge in [0.15, 0.2) is 0 Å². The van der Waals surface area contributed by atoms with Crippen LogP contribution in [0.25, 0.3) is 0 Å². The lowest BCUT2D eigenvalue weighted by molar-refractivity contribution is 0.572. The lowest BCUT2D eigenvalue weighted by Crippen LogP contribution is -2.19. The molecule has 0 radical (unpaired) electrons. The van der Waals surface area contributed by atoms with Crippen molar-refractivity contribution in [3.63, 3.8) is 0 Å². The van der Waals surface area contributed by atoms with Crippen LogP contribution in [0.2, 0.25) is 0 Å². The Morgan fingerprint density at radius 1 is 0.810 bits per heavy atom. The van der Waals surface area contributed by atoms with Gasteiger partial charge in [0.05, 0.1) is 0 Å². The predicted molar refractivity (Wildman–Crippen MR) is 91.7 cm³/mol. The summed E-state index contributed by atoms with van der Waals surface area (Å²) < 4.78 is 0. The maximum Gasteiger partial charge on any atom is 0.0294 e. The Morgan fingerprint density at radius 2 is 1.33 bits per heavy atom. The molecule has 0 aliphatic rings. The largest absolute Gasteiger partial charge is 0.306 e. The second kappa shape index (κ2) is 6.91.